The zero-order chi connectivity index (χ0) is 20.6. The van der Waals surface area contributed by atoms with Gasteiger partial charge in [-0.25, -0.2) is 4.68 Å². The first kappa shape index (κ1) is 21.5. The summed E-state index contributed by atoms with van der Waals surface area (Å²) in [5, 5.41) is 4.71. The van der Waals surface area contributed by atoms with Crippen LogP contribution in [-0.4, -0.2) is 25.9 Å². The molecule has 0 saturated heterocycles. The SMILES string of the molecule is COc1cc(-n2nc(C(C)(C)C)cc2N)ccc1C(O[SiH](C)C)C(C)(C)C. The minimum absolute atomic E-state index is 0.0201. The zero-order valence-electron chi connectivity index (χ0n) is 18.3. The minimum atomic E-state index is -1.22. The molecule has 6 heteroatoms. The van der Waals surface area contributed by atoms with E-state index in [0.29, 0.717) is 5.82 Å². The second-order valence-corrected chi connectivity index (χ2v) is 11.8. The van der Waals surface area contributed by atoms with E-state index in [2.05, 4.69) is 60.7 Å². The Kier molecular flexibility index (Phi) is 6.12. The largest absolute Gasteiger partial charge is 0.496 e. The van der Waals surface area contributed by atoms with Gasteiger partial charge in [-0.15, -0.1) is 0 Å². The average molecular weight is 390 g/mol. The maximum atomic E-state index is 6.37. The molecular formula is C21H35N3O2Si. The van der Waals surface area contributed by atoms with Gasteiger partial charge in [0.05, 0.1) is 24.6 Å². The Balaban J connectivity index is 2.52. The van der Waals surface area contributed by atoms with Gasteiger partial charge < -0.3 is 14.9 Å². The van der Waals surface area contributed by atoms with Crippen LogP contribution in [-0.2, 0) is 9.84 Å². The Hall–Kier alpha value is -1.79. The molecule has 2 aromatic rings. The third-order valence-corrected chi connectivity index (χ3v) is 5.26. The molecule has 0 aliphatic heterocycles. The summed E-state index contributed by atoms with van der Waals surface area (Å²) in [7, 11) is 0.478. The first-order valence-corrected chi connectivity index (χ1v) is 12.3. The van der Waals surface area contributed by atoms with Gasteiger partial charge in [0.1, 0.15) is 11.6 Å². The van der Waals surface area contributed by atoms with Gasteiger partial charge in [0.25, 0.3) is 0 Å². The van der Waals surface area contributed by atoms with Crippen LogP contribution in [0.25, 0.3) is 5.69 Å². The summed E-state index contributed by atoms with van der Waals surface area (Å²) in [5.41, 5.74) is 9.06. The highest BCUT2D eigenvalue weighted by Crippen LogP contribution is 2.41. The van der Waals surface area contributed by atoms with Crippen molar-refractivity contribution in [3.8, 4) is 11.4 Å². The number of benzene rings is 1. The lowest BCUT2D eigenvalue weighted by Gasteiger charge is -2.34. The van der Waals surface area contributed by atoms with Gasteiger partial charge in [-0.2, -0.15) is 5.10 Å². The molecule has 0 aliphatic carbocycles. The van der Waals surface area contributed by atoms with E-state index < -0.39 is 9.04 Å². The van der Waals surface area contributed by atoms with Crippen LogP contribution in [0.3, 0.4) is 0 Å². The maximum absolute atomic E-state index is 6.37. The Bertz CT molecular complexity index is 786. The number of nitrogen functional groups attached to an aromatic ring is 1. The van der Waals surface area contributed by atoms with Gasteiger partial charge in [-0.3, -0.25) is 0 Å². The molecule has 0 saturated carbocycles. The number of ether oxygens (including phenoxy) is 1. The number of rotatable bonds is 5. The molecule has 0 radical (unpaired) electrons. The minimum Gasteiger partial charge on any atom is -0.496 e. The average Bonchev–Trinajstić information content (AvgIpc) is 2.93. The van der Waals surface area contributed by atoms with E-state index in [4.69, 9.17) is 20.0 Å². The molecule has 0 bridgehead atoms. The monoisotopic (exact) mass is 389 g/mol. The Morgan fingerprint density at radius 2 is 1.70 bits per heavy atom. The topological polar surface area (TPSA) is 62.3 Å². The van der Waals surface area contributed by atoms with E-state index in [-0.39, 0.29) is 16.9 Å². The molecule has 1 aromatic carbocycles. The lowest BCUT2D eigenvalue weighted by atomic mass is 9.84. The number of methoxy groups -OCH3 is 1. The number of nitrogens with two attached hydrogens (primary N) is 1. The molecule has 1 unspecified atom stereocenters. The van der Waals surface area contributed by atoms with Gasteiger partial charge in [0.15, 0.2) is 9.04 Å². The van der Waals surface area contributed by atoms with Gasteiger partial charge in [-0.05, 0) is 24.6 Å². The van der Waals surface area contributed by atoms with Crippen LogP contribution < -0.4 is 10.5 Å². The Labute approximate surface area is 165 Å². The molecule has 0 aliphatic rings. The fraction of sp³-hybridized carbons (Fsp3) is 0.571. The standard InChI is InChI=1S/C21H35N3O2Si/c1-20(2,3)17-13-18(22)24(23-17)14-10-11-15(16(12-14)25-7)19(21(4,5)6)26-27(8)9/h10-13,19,27H,22H2,1-9H3. The number of aromatic nitrogens is 2. The number of hydrogen-bond acceptors (Lipinski definition) is 4. The first-order valence-electron chi connectivity index (χ1n) is 9.54. The Morgan fingerprint density at radius 1 is 1.07 bits per heavy atom. The van der Waals surface area contributed by atoms with Crippen LogP contribution in [0.5, 0.6) is 5.75 Å². The van der Waals surface area contributed by atoms with Crippen molar-refractivity contribution in [2.75, 3.05) is 12.8 Å². The molecule has 1 aromatic heterocycles. The molecule has 5 nitrogen and oxygen atoms in total. The summed E-state index contributed by atoms with van der Waals surface area (Å²) in [4.78, 5) is 0. The van der Waals surface area contributed by atoms with Gasteiger partial charge >= 0.3 is 0 Å². The van der Waals surface area contributed by atoms with E-state index in [1.807, 2.05) is 18.2 Å². The van der Waals surface area contributed by atoms with Crippen molar-refractivity contribution < 1.29 is 9.16 Å². The number of nitrogens with zero attached hydrogens (tertiary/aromatic N) is 2. The molecule has 1 heterocycles. The molecule has 1 atom stereocenters. The van der Waals surface area contributed by atoms with E-state index in [1.165, 1.54) is 0 Å². The summed E-state index contributed by atoms with van der Waals surface area (Å²) >= 11 is 0. The van der Waals surface area contributed by atoms with Crippen molar-refractivity contribution in [2.24, 2.45) is 5.41 Å². The second kappa shape index (κ2) is 7.68. The number of anilines is 1. The van der Waals surface area contributed by atoms with Crippen molar-refractivity contribution in [3.63, 3.8) is 0 Å². The first-order chi connectivity index (χ1) is 12.3. The van der Waals surface area contributed by atoms with Crippen LogP contribution in [0.15, 0.2) is 24.3 Å². The van der Waals surface area contributed by atoms with Crippen molar-refractivity contribution in [3.05, 3.63) is 35.5 Å². The molecule has 0 fully saturated rings. The summed E-state index contributed by atoms with van der Waals surface area (Å²) < 4.78 is 13.9. The van der Waals surface area contributed by atoms with Crippen molar-refractivity contribution >= 4 is 14.9 Å². The highest BCUT2D eigenvalue weighted by molar-refractivity contribution is 6.48. The molecular weight excluding hydrogens is 354 g/mol. The van der Waals surface area contributed by atoms with Crippen LogP contribution in [0.2, 0.25) is 13.1 Å². The van der Waals surface area contributed by atoms with Crippen molar-refractivity contribution in [2.45, 2.75) is 66.2 Å². The van der Waals surface area contributed by atoms with Crippen LogP contribution in [0, 0.1) is 5.41 Å². The summed E-state index contributed by atoms with van der Waals surface area (Å²) in [6.45, 7) is 17.4. The van der Waals surface area contributed by atoms with Crippen LogP contribution in [0.4, 0.5) is 5.82 Å². The lowest BCUT2D eigenvalue weighted by molar-refractivity contribution is 0.0840. The summed E-state index contributed by atoms with van der Waals surface area (Å²) in [5.74, 6) is 1.42. The summed E-state index contributed by atoms with van der Waals surface area (Å²) in [6.07, 6.45) is -0.0201. The highest BCUT2D eigenvalue weighted by atomic mass is 28.3. The van der Waals surface area contributed by atoms with Crippen molar-refractivity contribution in [1.29, 1.82) is 0 Å². The van der Waals surface area contributed by atoms with E-state index in [0.717, 1.165) is 22.7 Å². The van der Waals surface area contributed by atoms with E-state index in [1.54, 1.807) is 11.8 Å². The third-order valence-electron chi connectivity index (χ3n) is 4.44. The van der Waals surface area contributed by atoms with Crippen molar-refractivity contribution in [1.82, 2.24) is 9.78 Å². The second-order valence-electron chi connectivity index (χ2n) is 9.47. The Morgan fingerprint density at radius 3 is 2.15 bits per heavy atom. The highest BCUT2D eigenvalue weighted by Gasteiger charge is 2.30. The lowest BCUT2D eigenvalue weighted by Crippen LogP contribution is -2.26. The fourth-order valence-corrected chi connectivity index (χ4v) is 4.13. The van der Waals surface area contributed by atoms with Gasteiger partial charge in [-0.1, -0.05) is 47.6 Å². The predicted molar refractivity (Wildman–Crippen MR) is 115 cm³/mol. The molecule has 0 amide bonds. The molecule has 2 rings (SSSR count). The van der Waals surface area contributed by atoms with E-state index >= 15 is 0 Å². The predicted octanol–water partition coefficient (Wildman–Crippen LogP) is 4.85. The number of hydrogen-bond donors (Lipinski definition) is 1. The van der Waals surface area contributed by atoms with E-state index in [9.17, 15) is 0 Å². The van der Waals surface area contributed by atoms with Gasteiger partial charge in [0, 0.05) is 23.1 Å². The molecule has 0 spiro atoms. The zero-order valence-corrected chi connectivity index (χ0v) is 19.4. The maximum Gasteiger partial charge on any atom is 0.171 e. The summed E-state index contributed by atoms with van der Waals surface area (Å²) in [6, 6.07) is 8.05. The van der Waals surface area contributed by atoms with Gasteiger partial charge in [0.2, 0.25) is 0 Å². The normalized spacial score (nSPS) is 13.9. The molecule has 2 N–H and O–H groups in total. The third kappa shape index (κ3) is 4.93. The molecule has 150 valence electrons. The van der Waals surface area contributed by atoms with Crippen LogP contribution in [0.1, 0.15) is 58.9 Å². The fourth-order valence-electron chi connectivity index (χ4n) is 3.03. The smallest absolute Gasteiger partial charge is 0.171 e. The molecule has 27 heavy (non-hydrogen) atoms. The van der Waals surface area contributed by atoms with Crippen LogP contribution >= 0.6 is 0 Å². The quantitative estimate of drug-likeness (QED) is 0.743.